The third kappa shape index (κ3) is 5.30. The predicted octanol–water partition coefficient (Wildman–Crippen LogP) is 3.45. The van der Waals surface area contributed by atoms with Gasteiger partial charge in [0.2, 0.25) is 11.8 Å². The van der Waals surface area contributed by atoms with Crippen molar-refractivity contribution in [3.8, 4) is 0 Å². The molecular formula is C22H24N4O2. The third-order valence-electron chi connectivity index (χ3n) is 4.43. The van der Waals surface area contributed by atoms with Gasteiger partial charge in [0.15, 0.2) is 0 Å². The Hall–Kier alpha value is -3.41. The number of aromatic nitrogens is 2. The number of carbonyl (C=O) groups is 2. The molecule has 6 heteroatoms. The van der Waals surface area contributed by atoms with Crippen LogP contribution in [0.15, 0.2) is 67.0 Å². The van der Waals surface area contributed by atoms with E-state index in [-0.39, 0.29) is 24.3 Å². The van der Waals surface area contributed by atoms with E-state index in [0.717, 1.165) is 22.4 Å². The smallest absolute Gasteiger partial charge is 0.226 e. The highest BCUT2D eigenvalue weighted by atomic mass is 16.2. The quantitative estimate of drug-likeness (QED) is 0.663. The molecule has 3 aromatic rings. The monoisotopic (exact) mass is 376 g/mol. The van der Waals surface area contributed by atoms with Crippen LogP contribution in [0.25, 0.3) is 0 Å². The van der Waals surface area contributed by atoms with Crippen LogP contribution in [0.3, 0.4) is 0 Å². The second kappa shape index (κ2) is 8.99. The molecule has 6 nitrogen and oxygen atoms in total. The second-order valence-corrected chi connectivity index (χ2v) is 6.78. The Morgan fingerprint density at radius 3 is 2.50 bits per heavy atom. The molecule has 1 unspecified atom stereocenters. The lowest BCUT2D eigenvalue weighted by atomic mass is 10.0. The molecule has 144 valence electrons. The van der Waals surface area contributed by atoms with Crippen LogP contribution < -0.4 is 10.6 Å². The van der Waals surface area contributed by atoms with Crippen molar-refractivity contribution in [2.75, 3.05) is 5.32 Å². The summed E-state index contributed by atoms with van der Waals surface area (Å²) in [7, 11) is 0. The molecule has 2 aromatic carbocycles. The van der Waals surface area contributed by atoms with Crippen molar-refractivity contribution in [2.45, 2.75) is 32.9 Å². The lowest BCUT2D eigenvalue weighted by Crippen LogP contribution is -2.30. The fourth-order valence-electron chi connectivity index (χ4n) is 3.03. The van der Waals surface area contributed by atoms with Gasteiger partial charge < -0.3 is 10.6 Å². The van der Waals surface area contributed by atoms with Crippen LogP contribution in [0.2, 0.25) is 0 Å². The molecule has 0 aliphatic heterocycles. The average molecular weight is 376 g/mol. The summed E-state index contributed by atoms with van der Waals surface area (Å²) in [6, 6.07) is 17.0. The summed E-state index contributed by atoms with van der Waals surface area (Å²) < 4.78 is 1.80. The van der Waals surface area contributed by atoms with E-state index < -0.39 is 0 Å². The molecule has 0 spiro atoms. The number of para-hydroxylation sites is 1. The van der Waals surface area contributed by atoms with Gasteiger partial charge in [-0.1, -0.05) is 48.0 Å². The van der Waals surface area contributed by atoms with Crippen LogP contribution in [-0.4, -0.2) is 21.6 Å². The molecule has 0 fully saturated rings. The van der Waals surface area contributed by atoms with Crippen molar-refractivity contribution in [1.29, 1.82) is 0 Å². The van der Waals surface area contributed by atoms with Gasteiger partial charge in [0.25, 0.3) is 0 Å². The van der Waals surface area contributed by atoms with Crippen molar-refractivity contribution in [3.63, 3.8) is 0 Å². The van der Waals surface area contributed by atoms with E-state index in [9.17, 15) is 9.59 Å². The number of hydrogen-bond donors (Lipinski definition) is 2. The fourth-order valence-corrected chi connectivity index (χ4v) is 3.03. The summed E-state index contributed by atoms with van der Waals surface area (Å²) in [4.78, 5) is 24.3. The number of benzene rings is 2. The van der Waals surface area contributed by atoms with Crippen molar-refractivity contribution < 1.29 is 9.59 Å². The molecule has 0 aliphatic rings. The summed E-state index contributed by atoms with van der Waals surface area (Å²) in [5.74, 6) is -0.329. The Kier molecular flexibility index (Phi) is 6.22. The van der Waals surface area contributed by atoms with Gasteiger partial charge in [-0.2, -0.15) is 5.10 Å². The van der Waals surface area contributed by atoms with Gasteiger partial charge in [-0.15, -0.1) is 0 Å². The molecule has 0 aliphatic carbocycles. The zero-order valence-electron chi connectivity index (χ0n) is 16.1. The molecule has 0 saturated heterocycles. The van der Waals surface area contributed by atoms with Gasteiger partial charge in [-0.05, 0) is 30.2 Å². The normalized spacial score (nSPS) is 11.6. The predicted molar refractivity (Wildman–Crippen MR) is 109 cm³/mol. The van der Waals surface area contributed by atoms with Gasteiger partial charge in [-0.3, -0.25) is 14.3 Å². The van der Waals surface area contributed by atoms with Crippen LogP contribution in [0, 0.1) is 6.92 Å². The maximum absolute atomic E-state index is 12.7. The van der Waals surface area contributed by atoms with Crippen LogP contribution in [-0.2, 0) is 16.1 Å². The highest BCUT2D eigenvalue weighted by molar-refractivity contribution is 5.92. The molecule has 28 heavy (non-hydrogen) atoms. The van der Waals surface area contributed by atoms with E-state index >= 15 is 0 Å². The van der Waals surface area contributed by atoms with E-state index in [1.54, 1.807) is 10.9 Å². The minimum Gasteiger partial charge on any atom is -0.349 e. The Balaban J connectivity index is 1.72. The number of anilines is 1. The molecular weight excluding hydrogens is 352 g/mol. The number of amides is 2. The lowest BCUT2D eigenvalue weighted by Gasteiger charge is -2.19. The first-order valence-corrected chi connectivity index (χ1v) is 9.20. The number of carbonyl (C=O) groups excluding carboxylic acids is 2. The Labute approximate surface area is 164 Å². The van der Waals surface area contributed by atoms with Crippen molar-refractivity contribution in [2.24, 2.45) is 0 Å². The van der Waals surface area contributed by atoms with Crippen LogP contribution in [0.5, 0.6) is 0 Å². The van der Waals surface area contributed by atoms with E-state index in [0.29, 0.717) is 6.54 Å². The number of nitrogens with zero attached hydrogens (tertiary/aromatic N) is 2. The lowest BCUT2D eigenvalue weighted by molar-refractivity contribution is -0.120. The van der Waals surface area contributed by atoms with E-state index in [1.807, 2.05) is 67.7 Å². The maximum atomic E-state index is 12.7. The topological polar surface area (TPSA) is 76.0 Å². The molecule has 3 rings (SSSR count). The first kappa shape index (κ1) is 19.4. The maximum Gasteiger partial charge on any atom is 0.226 e. The summed E-state index contributed by atoms with van der Waals surface area (Å²) in [6.07, 6.45) is 3.75. The SMILES string of the molecule is CC(=O)NC(CC(=O)Nc1ccccc1Cn1cccn1)c1ccc(C)cc1. The van der Waals surface area contributed by atoms with Crippen molar-refractivity contribution in [3.05, 3.63) is 83.7 Å². The minimum absolute atomic E-state index is 0.152. The molecule has 1 aromatic heterocycles. The number of rotatable bonds is 7. The van der Waals surface area contributed by atoms with Gasteiger partial charge in [0.1, 0.15) is 0 Å². The molecule has 1 atom stereocenters. The molecule has 0 radical (unpaired) electrons. The van der Waals surface area contributed by atoms with Crippen LogP contribution in [0.1, 0.15) is 36.1 Å². The highest BCUT2D eigenvalue weighted by Gasteiger charge is 2.18. The van der Waals surface area contributed by atoms with Crippen LogP contribution >= 0.6 is 0 Å². The first-order valence-electron chi connectivity index (χ1n) is 9.20. The van der Waals surface area contributed by atoms with E-state index in [1.165, 1.54) is 6.92 Å². The Morgan fingerprint density at radius 2 is 1.82 bits per heavy atom. The van der Waals surface area contributed by atoms with Gasteiger partial charge in [-0.25, -0.2) is 0 Å². The first-order chi connectivity index (χ1) is 13.5. The zero-order chi connectivity index (χ0) is 19.9. The summed E-state index contributed by atoms with van der Waals surface area (Å²) >= 11 is 0. The van der Waals surface area contributed by atoms with E-state index in [2.05, 4.69) is 15.7 Å². The summed E-state index contributed by atoms with van der Waals surface area (Å²) in [5.41, 5.74) is 3.74. The van der Waals surface area contributed by atoms with Gasteiger partial charge in [0.05, 0.1) is 19.0 Å². The molecule has 2 amide bonds. The van der Waals surface area contributed by atoms with E-state index in [4.69, 9.17) is 0 Å². The standard InChI is InChI=1S/C22H24N4O2/c1-16-8-10-18(11-9-16)21(24-17(2)27)14-22(28)25-20-7-4-3-6-19(20)15-26-13-5-12-23-26/h3-13,21H,14-15H2,1-2H3,(H,24,27)(H,25,28). The Bertz CT molecular complexity index is 933. The zero-order valence-corrected chi connectivity index (χ0v) is 16.1. The average Bonchev–Trinajstić information content (AvgIpc) is 3.16. The van der Waals surface area contributed by atoms with Crippen LogP contribution in [0.4, 0.5) is 5.69 Å². The molecule has 2 N–H and O–H groups in total. The van der Waals surface area contributed by atoms with Gasteiger partial charge in [0, 0.05) is 25.0 Å². The number of hydrogen-bond acceptors (Lipinski definition) is 3. The summed E-state index contributed by atoms with van der Waals surface area (Å²) in [6.45, 7) is 4.02. The van der Waals surface area contributed by atoms with Crippen molar-refractivity contribution in [1.82, 2.24) is 15.1 Å². The second-order valence-electron chi connectivity index (χ2n) is 6.78. The molecule has 0 saturated carbocycles. The minimum atomic E-state index is -0.378. The molecule has 1 heterocycles. The largest absolute Gasteiger partial charge is 0.349 e. The Morgan fingerprint density at radius 1 is 1.07 bits per heavy atom. The number of nitrogens with one attached hydrogen (secondary N) is 2. The fraction of sp³-hybridized carbons (Fsp3) is 0.227. The number of aryl methyl sites for hydroxylation is 1. The summed E-state index contributed by atoms with van der Waals surface area (Å²) in [5, 5.41) is 10.1. The van der Waals surface area contributed by atoms with Gasteiger partial charge >= 0.3 is 0 Å². The highest BCUT2D eigenvalue weighted by Crippen LogP contribution is 2.21. The molecule has 0 bridgehead atoms. The van der Waals surface area contributed by atoms with Crippen molar-refractivity contribution >= 4 is 17.5 Å². The third-order valence-corrected chi connectivity index (χ3v) is 4.43.